The van der Waals surface area contributed by atoms with Crippen molar-refractivity contribution in [2.75, 3.05) is 0 Å². The van der Waals surface area contributed by atoms with Gasteiger partial charge in [0.1, 0.15) is 12.1 Å². The Hall–Kier alpha value is -1.74. The fourth-order valence-corrected chi connectivity index (χ4v) is 1.99. The molecule has 2 rings (SSSR count). The van der Waals surface area contributed by atoms with Crippen LogP contribution < -0.4 is 0 Å². The van der Waals surface area contributed by atoms with E-state index in [1.807, 2.05) is 12.1 Å². The Morgan fingerprint density at radius 3 is 2.38 bits per heavy atom. The van der Waals surface area contributed by atoms with Crippen molar-refractivity contribution in [3.8, 4) is 12.1 Å². The largest absolute Gasteiger partial charge is 0.192 e. The van der Waals surface area contributed by atoms with E-state index in [2.05, 4.69) is 6.07 Å². The molecule has 0 aliphatic rings. The Morgan fingerprint density at radius 1 is 1.06 bits per heavy atom. The summed E-state index contributed by atoms with van der Waals surface area (Å²) in [7, 11) is 0. The zero-order valence-electron chi connectivity index (χ0n) is 7.88. The molecule has 0 N–H and O–H groups in total. The van der Waals surface area contributed by atoms with Gasteiger partial charge in [0.15, 0.2) is 0 Å². The monoisotopic (exact) mass is 245 g/mol. The van der Waals surface area contributed by atoms with E-state index < -0.39 is 0 Å². The van der Waals surface area contributed by atoms with Crippen LogP contribution in [0.4, 0.5) is 0 Å². The van der Waals surface area contributed by atoms with Gasteiger partial charge in [0.05, 0.1) is 21.2 Å². The van der Waals surface area contributed by atoms with Crippen LogP contribution >= 0.6 is 23.2 Å². The van der Waals surface area contributed by atoms with Gasteiger partial charge in [0, 0.05) is 10.8 Å². The van der Waals surface area contributed by atoms with Crippen molar-refractivity contribution in [2.24, 2.45) is 0 Å². The number of nitrogens with zero attached hydrogens (tertiary/aromatic N) is 2. The van der Waals surface area contributed by atoms with Gasteiger partial charge in [-0.05, 0) is 6.07 Å². The highest BCUT2D eigenvalue weighted by Crippen LogP contribution is 2.36. The molecule has 0 atom stereocenters. The summed E-state index contributed by atoms with van der Waals surface area (Å²) in [6, 6.07) is 11.9. The van der Waals surface area contributed by atoms with Crippen molar-refractivity contribution in [1.29, 1.82) is 10.5 Å². The molecule has 16 heavy (non-hydrogen) atoms. The van der Waals surface area contributed by atoms with Crippen LogP contribution in [0, 0.1) is 28.7 Å². The van der Waals surface area contributed by atoms with Gasteiger partial charge in [-0.2, -0.15) is 10.5 Å². The Labute approximate surface area is 102 Å². The van der Waals surface area contributed by atoms with Crippen LogP contribution in [0.1, 0.15) is 11.1 Å². The van der Waals surface area contributed by atoms with Crippen molar-refractivity contribution in [1.82, 2.24) is 0 Å². The Kier molecular flexibility index (Phi) is 2.71. The van der Waals surface area contributed by atoms with Crippen molar-refractivity contribution in [3.05, 3.63) is 45.4 Å². The van der Waals surface area contributed by atoms with E-state index in [1.54, 1.807) is 18.2 Å². The van der Waals surface area contributed by atoms with E-state index in [4.69, 9.17) is 33.7 Å². The van der Waals surface area contributed by atoms with E-state index in [1.165, 1.54) is 0 Å². The molecule has 0 aliphatic carbocycles. The number of hydrogen-bond donors (Lipinski definition) is 0. The number of hydrogen-bond acceptors (Lipinski definition) is 2. The van der Waals surface area contributed by atoms with Gasteiger partial charge in [-0.1, -0.05) is 41.4 Å². The molecule has 0 spiro atoms. The van der Waals surface area contributed by atoms with E-state index in [0.717, 1.165) is 0 Å². The molecule has 0 unspecified atom stereocenters. The summed E-state index contributed by atoms with van der Waals surface area (Å²) >= 11 is 11.9. The number of halogens is 2. The second kappa shape index (κ2) is 4.02. The lowest BCUT2D eigenvalue weighted by molar-refractivity contribution is 1.45. The molecular weight excluding hydrogens is 243 g/mol. The predicted octanol–water partition coefficient (Wildman–Crippen LogP) is 3.69. The predicted molar refractivity (Wildman–Crippen MR) is 62.2 cm³/mol. The molecular formula is C12H3Cl2N2. The minimum Gasteiger partial charge on any atom is -0.192 e. The highest BCUT2D eigenvalue weighted by atomic mass is 35.5. The summed E-state index contributed by atoms with van der Waals surface area (Å²) in [5.41, 5.74) is 0.352. The van der Waals surface area contributed by atoms with Crippen molar-refractivity contribution in [3.63, 3.8) is 0 Å². The van der Waals surface area contributed by atoms with E-state index in [9.17, 15) is 0 Å². The molecule has 0 aliphatic heterocycles. The zero-order valence-corrected chi connectivity index (χ0v) is 9.39. The summed E-state index contributed by atoms with van der Waals surface area (Å²) in [6.45, 7) is 0. The molecule has 0 fully saturated rings. The van der Waals surface area contributed by atoms with Crippen LogP contribution in [0.15, 0.2) is 18.2 Å². The first-order chi connectivity index (χ1) is 7.70. The van der Waals surface area contributed by atoms with Gasteiger partial charge in [-0.25, -0.2) is 0 Å². The molecule has 2 aromatic rings. The maximum Gasteiger partial charge on any atom is 0.102 e. The van der Waals surface area contributed by atoms with Crippen molar-refractivity contribution < 1.29 is 0 Å². The minimum atomic E-state index is 0.107. The van der Waals surface area contributed by atoms with Gasteiger partial charge in [0.25, 0.3) is 0 Å². The lowest BCUT2D eigenvalue weighted by Gasteiger charge is -2.06. The molecule has 2 nitrogen and oxygen atoms in total. The van der Waals surface area contributed by atoms with Crippen molar-refractivity contribution >= 4 is 34.0 Å². The summed E-state index contributed by atoms with van der Waals surface area (Å²) < 4.78 is 0. The van der Waals surface area contributed by atoms with Crippen LogP contribution in [0.25, 0.3) is 10.8 Å². The maximum absolute atomic E-state index is 9.05. The van der Waals surface area contributed by atoms with Gasteiger partial charge >= 0.3 is 0 Å². The lowest BCUT2D eigenvalue weighted by Crippen LogP contribution is -1.90. The first-order valence-electron chi connectivity index (χ1n) is 4.32. The zero-order chi connectivity index (χ0) is 11.7. The molecule has 0 saturated heterocycles. The molecule has 4 heteroatoms. The quantitative estimate of drug-likeness (QED) is 0.711. The standard InChI is InChI=1S/C12H3Cl2N2/c13-11-8-4-2-1-3-7(8)9(5-15)10(6-16)12(11)14/h1-3H. The summed E-state index contributed by atoms with van der Waals surface area (Å²) in [5.74, 6) is 0. The molecule has 2 aromatic carbocycles. The average molecular weight is 246 g/mol. The molecule has 0 bridgehead atoms. The lowest BCUT2D eigenvalue weighted by atomic mass is 10.0. The van der Waals surface area contributed by atoms with Crippen LogP contribution in [0.5, 0.6) is 0 Å². The molecule has 0 aromatic heterocycles. The highest BCUT2D eigenvalue weighted by Gasteiger charge is 2.16. The van der Waals surface area contributed by atoms with E-state index in [0.29, 0.717) is 10.8 Å². The van der Waals surface area contributed by atoms with Crippen LogP contribution in [-0.2, 0) is 0 Å². The van der Waals surface area contributed by atoms with E-state index >= 15 is 0 Å². The van der Waals surface area contributed by atoms with Gasteiger partial charge in [-0.15, -0.1) is 0 Å². The smallest absolute Gasteiger partial charge is 0.102 e. The fraction of sp³-hybridized carbons (Fsp3) is 0. The first kappa shape index (κ1) is 10.8. The molecule has 75 valence electrons. The molecule has 0 saturated carbocycles. The Bertz CT molecular complexity index is 663. The molecule has 1 radical (unpaired) electrons. The topological polar surface area (TPSA) is 47.6 Å². The summed E-state index contributed by atoms with van der Waals surface area (Å²) in [5, 5.41) is 19.5. The van der Waals surface area contributed by atoms with Crippen LogP contribution in [-0.4, -0.2) is 0 Å². The number of nitriles is 2. The third-order valence-corrected chi connectivity index (χ3v) is 3.08. The number of fused-ring (bicyclic) bond motifs is 1. The second-order valence-electron chi connectivity index (χ2n) is 3.06. The second-order valence-corrected chi connectivity index (χ2v) is 3.82. The van der Waals surface area contributed by atoms with E-state index in [-0.39, 0.29) is 21.2 Å². The Balaban J connectivity index is 3.10. The molecule has 0 amide bonds. The molecule has 0 heterocycles. The average Bonchev–Trinajstić information content (AvgIpc) is 2.33. The van der Waals surface area contributed by atoms with Gasteiger partial charge in [-0.3, -0.25) is 0 Å². The van der Waals surface area contributed by atoms with Gasteiger partial charge in [0.2, 0.25) is 0 Å². The summed E-state index contributed by atoms with van der Waals surface area (Å²) in [6.07, 6.45) is 0. The maximum atomic E-state index is 9.05. The third-order valence-electron chi connectivity index (χ3n) is 2.23. The minimum absolute atomic E-state index is 0.107. The highest BCUT2D eigenvalue weighted by molar-refractivity contribution is 6.46. The fourth-order valence-electron chi connectivity index (χ4n) is 1.51. The third kappa shape index (κ3) is 1.41. The Morgan fingerprint density at radius 2 is 1.75 bits per heavy atom. The SMILES string of the molecule is N#Cc1c(Cl)c(Cl)c2[c]cccc2c1C#N. The summed E-state index contributed by atoms with van der Waals surface area (Å²) in [4.78, 5) is 0. The van der Waals surface area contributed by atoms with Crippen LogP contribution in [0.2, 0.25) is 10.0 Å². The van der Waals surface area contributed by atoms with Crippen molar-refractivity contribution in [2.45, 2.75) is 0 Å². The van der Waals surface area contributed by atoms with Gasteiger partial charge < -0.3 is 0 Å². The normalized spacial score (nSPS) is 9.75. The number of benzene rings is 2. The number of rotatable bonds is 0. The first-order valence-corrected chi connectivity index (χ1v) is 5.08. The van der Waals surface area contributed by atoms with Crippen LogP contribution in [0.3, 0.4) is 0 Å².